The van der Waals surface area contributed by atoms with Crippen LogP contribution in [0.5, 0.6) is 0 Å². The van der Waals surface area contributed by atoms with Crippen molar-refractivity contribution in [2.45, 2.75) is 32.7 Å². The quantitative estimate of drug-likeness (QED) is 0.599. The maximum atomic E-state index is 13.2. The summed E-state index contributed by atoms with van der Waals surface area (Å²) in [6.45, 7) is 4.54. The van der Waals surface area contributed by atoms with Gasteiger partial charge in [0.25, 0.3) is 5.91 Å². The van der Waals surface area contributed by atoms with Crippen molar-refractivity contribution in [3.63, 3.8) is 0 Å². The highest BCUT2D eigenvalue weighted by atomic mass is 19.1. The third kappa shape index (κ3) is 5.28. The molecule has 0 saturated heterocycles. The van der Waals surface area contributed by atoms with E-state index in [9.17, 15) is 14.0 Å². The van der Waals surface area contributed by atoms with Crippen LogP contribution in [-0.4, -0.2) is 33.1 Å². The fraction of sp³-hybridized carbons (Fsp3) is 0.273. The summed E-state index contributed by atoms with van der Waals surface area (Å²) in [5.41, 5.74) is 2.79. The van der Waals surface area contributed by atoms with Gasteiger partial charge in [-0.2, -0.15) is 5.10 Å². The van der Waals surface area contributed by atoms with Crippen LogP contribution >= 0.6 is 0 Å². The lowest BCUT2D eigenvalue weighted by Crippen LogP contribution is -2.31. The minimum Gasteiger partial charge on any atom is -0.352 e. The van der Waals surface area contributed by atoms with Crippen LogP contribution < -0.4 is 10.6 Å². The highest BCUT2D eigenvalue weighted by Crippen LogP contribution is 2.23. The number of carbonyl (C=O) groups excluding carboxylic acids is 2. The summed E-state index contributed by atoms with van der Waals surface area (Å²) < 4.78 is 14.9. The van der Waals surface area contributed by atoms with Gasteiger partial charge in [0.15, 0.2) is 0 Å². The number of halogens is 1. The van der Waals surface area contributed by atoms with Gasteiger partial charge in [0.1, 0.15) is 5.82 Å². The second-order valence-corrected chi connectivity index (χ2v) is 7.12. The van der Waals surface area contributed by atoms with Crippen LogP contribution in [0.2, 0.25) is 0 Å². The van der Waals surface area contributed by atoms with E-state index in [0.29, 0.717) is 17.8 Å². The zero-order chi connectivity index (χ0) is 21.5. The Bertz CT molecular complexity index is 1000. The maximum absolute atomic E-state index is 13.2. The van der Waals surface area contributed by atoms with Crippen molar-refractivity contribution in [2.75, 3.05) is 6.54 Å². The molecule has 2 N–H and O–H groups in total. The lowest BCUT2D eigenvalue weighted by atomic mass is 10.0. The Hall–Kier alpha value is -3.55. The Morgan fingerprint density at radius 1 is 1.07 bits per heavy atom. The van der Waals surface area contributed by atoms with E-state index in [2.05, 4.69) is 20.7 Å². The van der Waals surface area contributed by atoms with E-state index in [0.717, 1.165) is 11.3 Å². The summed E-state index contributed by atoms with van der Waals surface area (Å²) in [4.78, 5) is 28.6. The summed E-state index contributed by atoms with van der Waals surface area (Å²) in [7, 11) is 0. The fourth-order valence-electron chi connectivity index (χ4n) is 3.05. The van der Waals surface area contributed by atoms with Gasteiger partial charge in [0.2, 0.25) is 5.91 Å². The first-order valence-electron chi connectivity index (χ1n) is 9.73. The van der Waals surface area contributed by atoms with Crippen LogP contribution in [0.3, 0.4) is 0 Å². The van der Waals surface area contributed by atoms with Crippen molar-refractivity contribution in [3.05, 3.63) is 77.6 Å². The summed E-state index contributed by atoms with van der Waals surface area (Å²) in [6.07, 6.45) is 5.00. The Kier molecular flexibility index (Phi) is 6.90. The zero-order valence-electron chi connectivity index (χ0n) is 16.9. The van der Waals surface area contributed by atoms with Gasteiger partial charge in [0, 0.05) is 31.9 Å². The number of hydrogen-bond acceptors (Lipinski definition) is 4. The van der Waals surface area contributed by atoms with Gasteiger partial charge in [-0.3, -0.25) is 14.6 Å². The number of benzene rings is 1. The first kappa shape index (κ1) is 21.2. The Labute approximate surface area is 174 Å². The molecule has 0 fully saturated rings. The number of hydrogen-bond donors (Lipinski definition) is 2. The molecule has 0 aliphatic heterocycles. The maximum Gasteiger partial charge on any atom is 0.254 e. The normalized spacial score (nSPS) is 10.8. The first-order valence-corrected chi connectivity index (χ1v) is 9.73. The molecule has 2 amide bonds. The van der Waals surface area contributed by atoms with Gasteiger partial charge < -0.3 is 10.6 Å². The number of pyridine rings is 1. The van der Waals surface area contributed by atoms with Crippen molar-refractivity contribution in [3.8, 4) is 5.69 Å². The van der Waals surface area contributed by atoms with Crippen molar-refractivity contribution in [1.82, 2.24) is 25.4 Å². The van der Waals surface area contributed by atoms with E-state index in [-0.39, 0.29) is 36.5 Å². The minimum absolute atomic E-state index is 0.0157. The molecule has 3 aromatic rings. The number of carbonyl (C=O) groups is 2. The van der Waals surface area contributed by atoms with Crippen LogP contribution in [-0.2, 0) is 11.3 Å². The lowest BCUT2D eigenvalue weighted by Gasteiger charge is -2.13. The van der Waals surface area contributed by atoms with Crippen LogP contribution in [0.25, 0.3) is 5.69 Å². The Morgan fingerprint density at radius 2 is 1.77 bits per heavy atom. The van der Waals surface area contributed by atoms with E-state index in [1.807, 2.05) is 26.0 Å². The predicted octanol–water partition coefficient (Wildman–Crippen LogP) is 2.97. The number of nitrogens with zero attached hydrogens (tertiary/aromatic N) is 3. The predicted molar refractivity (Wildman–Crippen MR) is 111 cm³/mol. The molecule has 1 aromatic carbocycles. The van der Waals surface area contributed by atoms with Crippen molar-refractivity contribution in [2.24, 2.45) is 0 Å². The molecule has 0 aliphatic carbocycles. The Morgan fingerprint density at radius 3 is 2.43 bits per heavy atom. The molecule has 0 spiro atoms. The molecular weight excluding hydrogens is 385 g/mol. The number of amides is 2. The molecule has 30 heavy (non-hydrogen) atoms. The zero-order valence-corrected chi connectivity index (χ0v) is 16.9. The molecule has 2 heterocycles. The smallest absolute Gasteiger partial charge is 0.254 e. The average Bonchev–Trinajstić information content (AvgIpc) is 3.19. The van der Waals surface area contributed by atoms with Gasteiger partial charge >= 0.3 is 0 Å². The van der Waals surface area contributed by atoms with Crippen molar-refractivity contribution < 1.29 is 14.0 Å². The molecule has 3 rings (SSSR count). The Balaban J connectivity index is 1.58. The summed E-state index contributed by atoms with van der Waals surface area (Å²) in [5, 5.41) is 9.89. The van der Waals surface area contributed by atoms with E-state index in [1.54, 1.807) is 29.2 Å². The van der Waals surface area contributed by atoms with Crippen LogP contribution in [0.1, 0.15) is 47.8 Å². The lowest BCUT2D eigenvalue weighted by molar-refractivity contribution is -0.121. The first-order chi connectivity index (χ1) is 14.5. The average molecular weight is 409 g/mol. The van der Waals surface area contributed by atoms with E-state index in [4.69, 9.17) is 0 Å². The second kappa shape index (κ2) is 9.78. The molecule has 0 radical (unpaired) electrons. The second-order valence-electron chi connectivity index (χ2n) is 7.12. The number of rotatable bonds is 8. The van der Waals surface area contributed by atoms with Gasteiger partial charge in [0.05, 0.1) is 23.1 Å². The van der Waals surface area contributed by atoms with E-state index in [1.165, 1.54) is 18.3 Å². The summed E-state index contributed by atoms with van der Waals surface area (Å²) in [6, 6.07) is 9.59. The van der Waals surface area contributed by atoms with Crippen molar-refractivity contribution >= 4 is 11.8 Å². The summed E-state index contributed by atoms with van der Waals surface area (Å²) >= 11 is 0. The third-order valence-corrected chi connectivity index (χ3v) is 4.55. The van der Waals surface area contributed by atoms with E-state index < -0.39 is 0 Å². The fourth-order valence-corrected chi connectivity index (χ4v) is 3.05. The molecule has 2 aromatic heterocycles. The standard InChI is InChI=1S/C22H24FN5O2/c1-15(2)21-19(14-27-28(21)18-5-3-17(23)4-6-18)22(30)25-12-9-20(29)26-13-16-7-10-24-11-8-16/h3-8,10-11,14-15H,9,12-13H2,1-2H3,(H,25,30)(H,26,29). The van der Waals surface area contributed by atoms with Crippen LogP contribution in [0.4, 0.5) is 4.39 Å². The SMILES string of the molecule is CC(C)c1c(C(=O)NCCC(=O)NCc2ccncc2)cnn1-c1ccc(F)cc1. The van der Waals surface area contributed by atoms with E-state index >= 15 is 0 Å². The monoisotopic (exact) mass is 409 g/mol. The molecule has 156 valence electrons. The minimum atomic E-state index is -0.336. The summed E-state index contributed by atoms with van der Waals surface area (Å²) in [5.74, 6) is -0.772. The number of nitrogens with one attached hydrogen (secondary N) is 2. The molecule has 0 atom stereocenters. The molecular formula is C22H24FN5O2. The largest absolute Gasteiger partial charge is 0.352 e. The van der Waals surface area contributed by atoms with Crippen LogP contribution in [0, 0.1) is 5.82 Å². The van der Waals surface area contributed by atoms with Gasteiger partial charge in [-0.25, -0.2) is 9.07 Å². The molecule has 0 saturated carbocycles. The third-order valence-electron chi connectivity index (χ3n) is 4.55. The molecule has 8 heteroatoms. The van der Waals surface area contributed by atoms with Gasteiger partial charge in [-0.1, -0.05) is 13.8 Å². The van der Waals surface area contributed by atoms with Crippen LogP contribution in [0.15, 0.2) is 55.0 Å². The van der Waals surface area contributed by atoms with Crippen molar-refractivity contribution in [1.29, 1.82) is 0 Å². The molecule has 7 nitrogen and oxygen atoms in total. The topological polar surface area (TPSA) is 88.9 Å². The van der Waals surface area contributed by atoms with Gasteiger partial charge in [-0.15, -0.1) is 0 Å². The molecule has 0 aliphatic rings. The highest BCUT2D eigenvalue weighted by molar-refractivity contribution is 5.95. The number of aromatic nitrogens is 3. The molecule has 0 bridgehead atoms. The highest BCUT2D eigenvalue weighted by Gasteiger charge is 2.21. The molecule has 0 unspecified atom stereocenters. The van der Waals surface area contributed by atoms with Gasteiger partial charge in [-0.05, 0) is 47.9 Å².